The van der Waals surface area contributed by atoms with E-state index in [4.69, 9.17) is 5.73 Å². The molecular formula is C14H21NO3S. The number of carbonyl (C=O) groups excluding carboxylic acids is 1. The summed E-state index contributed by atoms with van der Waals surface area (Å²) >= 11 is 0. The maximum Gasteiger partial charge on any atom is 0.217 e. The summed E-state index contributed by atoms with van der Waals surface area (Å²) in [4.78, 5) is 10.9. The molecule has 0 spiro atoms. The van der Waals surface area contributed by atoms with Crippen LogP contribution in [0.2, 0.25) is 0 Å². The molecule has 0 aliphatic heterocycles. The first-order valence-corrected chi connectivity index (χ1v) is 7.90. The monoisotopic (exact) mass is 283 g/mol. The summed E-state index contributed by atoms with van der Waals surface area (Å²) in [6.45, 7) is 6.22. The number of rotatable bonds is 5. The van der Waals surface area contributed by atoms with E-state index in [1.54, 1.807) is 12.1 Å². The number of amides is 1. The molecule has 0 bridgehead atoms. The Morgan fingerprint density at radius 3 is 2.11 bits per heavy atom. The fourth-order valence-electron chi connectivity index (χ4n) is 1.72. The van der Waals surface area contributed by atoms with Gasteiger partial charge in [0.05, 0.1) is 10.6 Å². The third-order valence-corrected chi connectivity index (χ3v) is 4.73. The van der Waals surface area contributed by atoms with E-state index in [9.17, 15) is 13.2 Å². The van der Waals surface area contributed by atoms with Crippen LogP contribution in [0.25, 0.3) is 0 Å². The second kappa shape index (κ2) is 5.74. The minimum absolute atomic E-state index is 0.00569. The van der Waals surface area contributed by atoms with Gasteiger partial charge in [0.25, 0.3) is 0 Å². The number of primary amides is 1. The Bertz CT molecular complexity index is 539. The van der Waals surface area contributed by atoms with Crippen molar-refractivity contribution >= 4 is 15.7 Å². The first kappa shape index (κ1) is 15.7. The van der Waals surface area contributed by atoms with Crippen LogP contribution in [-0.2, 0) is 20.0 Å². The van der Waals surface area contributed by atoms with E-state index in [1.807, 2.05) is 12.1 Å². The number of benzene rings is 1. The molecule has 2 N–H and O–H groups in total. The Morgan fingerprint density at radius 2 is 1.68 bits per heavy atom. The molecule has 0 saturated carbocycles. The Morgan fingerprint density at radius 1 is 1.16 bits per heavy atom. The maximum absolute atomic E-state index is 12.0. The van der Waals surface area contributed by atoms with Crippen molar-refractivity contribution in [1.82, 2.24) is 0 Å². The molecule has 0 aliphatic carbocycles. The lowest BCUT2D eigenvalue weighted by atomic mass is 9.87. The van der Waals surface area contributed by atoms with Crippen molar-refractivity contribution in [3.63, 3.8) is 0 Å². The van der Waals surface area contributed by atoms with E-state index >= 15 is 0 Å². The van der Waals surface area contributed by atoms with Gasteiger partial charge in [0.15, 0.2) is 9.84 Å². The van der Waals surface area contributed by atoms with Crippen LogP contribution in [0.3, 0.4) is 0 Å². The van der Waals surface area contributed by atoms with Crippen LogP contribution in [-0.4, -0.2) is 20.1 Å². The van der Waals surface area contributed by atoms with Gasteiger partial charge in [0.1, 0.15) is 0 Å². The van der Waals surface area contributed by atoms with Gasteiger partial charge >= 0.3 is 0 Å². The van der Waals surface area contributed by atoms with Crippen LogP contribution in [0.4, 0.5) is 0 Å². The zero-order valence-electron chi connectivity index (χ0n) is 11.6. The van der Waals surface area contributed by atoms with Gasteiger partial charge in [0, 0.05) is 6.42 Å². The fourth-order valence-corrected chi connectivity index (χ4v) is 3.03. The van der Waals surface area contributed by atoms with E-state index in [2.05, 4.69) is 20.8 Å². The first-order valence-electron chi connectivity index (χ1n) is 6.24. The van der Waals surface area contributed by atoms with Gasteiger partial charge in [-0.3, -0.25) is 4.79 Å². The van der Waals surface area contributed by atoms with Gasteiger partial charge in [0.2, 0.25) is 5.91 Å². The Balaban J connectivity index is 2.82. The Kier molecular flexibility index (Phi) is 4.74. The Labute approximate surface area is 114 Å². The van der Waals surface area contributed by atoms with E-state index in [0.29, 0.717) is 4.90 Å². The van der Waals surface area contributed by atoms with Crippen molar-refractivity contribution in [2.75, 3.05) is 5.75 Å². The quantitative estimate of drug-likeness (QED) is 0.898. The van der Waals surface area contributed by atoms with Crippen LogP contribution in [0.5, 0.6) is 0 Å². The van der Waals surface area contributed by atoms with Crippen molar-refractivity contribution in [3.8, 4) is 0 Å². The molecule has 0 aliphatic rings. The lowest BCUT2D eigenvalue weighted by molar-refractivity contribution is -0.118. The summed E-state index contributed by atoms with van der Waals surface area (Å²) < 4.78 is 24.0. The van der Waals surface area contributed by atoms with Gasteiger partial charge < -0.3 is 5.73 Å². The van der Waals surface area contributed by atoms with E-state index in [0.717, 1.165) is 5.56 Å². The SMILES string of the molecule is CC(C)(C)c1ccc(S(=O)(=O)CCCC(N)=O)cc1. The lowest BCUT2D eigenvalue weighted by Crippen LogP contribution is -2.14. The summed E-state index contributed by atoms with van der Waals surface area (Å²) in [5, 5.41) is 0. The zero-order chi connectivity index (χ0) is 14.7. The molecule has 106 valence electrons. The van der Waals surface area contributed by atoms with E-state index in [1.165, 1.54) is 0 Å². The second-order valence-electron chi connectivity index (χ2n) is 5.66. The Hall–Kier alpha value is -1.36. The standard InChI is InChI=1S/C14H21NO3S/c1-14(2,3)11-6-8-12(9-7-11)19(17,18)10-4-5-13(15)16/h6-9H,4-5,10H2,1-3H3,(H2,15,16). The molecule has 0 saturated heterocycles. The van der Waals surface area contributed by atoms with Crippen molar-refractivity contribution in [1.29, 1.82) is 0 Å². The van der Waals surface area contributed by atoms with Crippen LogP contribution in [0, 0.1) is 0 Å². The van der Waals surface area contributed by atoms with Crippen molar-refractivity contribution in [2.45, 2.75) is 43.9 Å². The average molecular weight is 283 g/mol. The molecule has 0 unspecified atom stereocenters. The van der Waals surface area contributed by atoms with Crippen LogP contribution in [0.15, 0.2) is 29.2 Å². The summed E-state index contributed by atoms with van der Waals surface area (Å²) in [5.41, 5.74) is 6.08. The molecule has 0 aromatic heterocycles. The molecule has 0 heterocycles. The van der Waals surface area contributed by atoms with Crippen LogP contribution >= 0.6 is 0 Å². The van der Waals surface area contributed by atoms with Crippen LogP contribution < -0.4 is 5.73 Å². The van der Waals surface area contributed by atoms with Crippen molar-refractivity contribution < 1.29 is 13.2 Å². The third-order valence-electron chi connectivity index (χ3n) is 2.92. The highest BCUT2D eigenvalue weighted by Gasteiger charge is 2.17. The molecule has 0 radical (unpaired) electrons. The minimum atomic E-state index is -3.33. The number of hydrogen-bond acceptors (Lipinski definition) is 3. The van der Waals surface area contributed by atoms with Crippen LogP contribution in [0.1, 0.15) is 39.2 Å². The summed E-state index contributed by atoms with van der Waals surface area (Å²) in [5.74, 6) is -0.525. The molecule has 0 atom stereocenters. The summed E-state index contributed by atoms with van der Waals surface area (Å²) in [6, 6.07) is 6.92. The highest BCUT2D eigenvalue weighted by atomic mass is 32.2. The molecule has 1 amide bonds. The number of sulfone groups is 1. The number of hydrogen-bond donors (Lipinski definition) is 1. The van der Waals surface area contributed by atoms with Gasteiger partial charge in [-0.15, -0.1) is 0 Å². The van der Waals surface area contributed by atoms with E-state index < -0.39 is 15.7 Å². The first-order chi connectivity index (χ1) is 8.63. The topological polar surface area (TPSA) is 77.2 Å². The van der Waals surface area contributed by atoms with Gasteiger partial charge in [-0.05, 0) is 29.5 Å². The third kappa shape index (κ3) is 4.67. The van der Waals surface area contributed by atoms with Gasteiger partial charge in [-0.1, -0.05) is 32.9 Å². The molecule has 1 rings (SSSR count). The largest absolute Gasteiger partial charge is 0.370 e. The molecule has 5 heteroatoms. The zero-order valence-corrected chi connectivity index (χ0v) is 12.5. The smallest absolute Gasteiger partial charge is 0.217 e. The summed E-state index contributed by atoms with van der Waals surface area (Å²) in [7, 11) is -3.33. The molecule has 1 aromatic carbocycles. The highest BCUT2D eigenvalue weighted by molar-refractivity contribution is 7.91. The molecule has 0 fully saturated rings. The lowest BCUT2D eigenvalue weighted by Gasteiger charge is -2.19. The molecule has 1 aromatic rings. The highest BCUT2D eigenvalue weighted by Crippen LogP contribution is 2.23. The predicted molar refractivity (Wildman–Crippen MR) is 75.6 cm³/mol. The molecule has 19 heavy (non-hydrogen) atoms. The van der Waals surface area contributed by atoms with Gasteiger partial charge in [-0.2, -0.15) is 0 Å². The van der Waals surface area contributed by atoms with E-state index in [-0.39, 0.29) is 24.0 Å². The van der Waals surface area contributed by atoms with Crippen molar-refractivity contribution in [2.24, 2.45) is 5.73 Å². The molecule has 4 nitrogen and oxygen atoms in total. The number of nitrogens with two attached hydrogens (primary N) is 1. The predicted octanol–water partition coefficient (Wildman–Crippen LogP) is 2.02. The minimum Gasteiger partial charge on any atom is -0.370 e. The summed E-state index contributed by atoms with van der Waals surface area (Å²) in [6.07, 6.45) is 0.359. The fraction of sp³-hybridized carbons (Fsp3) is 0.500. The average Bonchev–Trinajstić information content (AvgIpc) is 2.27. The normalized spacial score (nSPS) is 12.4. The van der Waals surface area contributed by atoms with Crippen molar-refractivity contribution in [3.05, 3.63) is 29.8 Å². The second-order valence-corrected chi connectivity index (χ2v) is 7.77. The number of carbonyl (C=O) groups is 1. The molecular weight excluding hydrogens is 262 g/mol. The van der Waals surface area contributed by atoms with Gasteiger partial charge in [-0.25, -0.2) is 8.42 Å². The maximum atomic E-state index is 12.0.